The van der Waals surface area contributed by atoms with Gasteiger partial charge in [-0.25, -0.2) is 8.78 Å². The van der Waals surface area contributed by atoms with Gasteiger partial charge >= 0.3 is 0 Å². The van der Waals surface area contributed by atoms with Crippen molar-refractivity contribution in [3.8, 4) is 23.0 Å². The molecular formula is C36H36F2N4O6. The number of fused-ring (bicyclic) bond motifs is 1. The molecule has 12 heteroatoms. The van der Waals surface area contributed by atoms with Crippen LogP contribution >= 0.6 is 0 Å². The highest BCUT2D eigenvalue weighted by molar-refractivity contribution is 6.16. The summed E-state index contributed by atoms with van der Waals surface area (Å²) in [5.41, 5.74) is -0.121. The Labute approximate surface area is 276 Å². The number of hydrogen-bond acceptors (Lipinski definition) is 8. The van der Waals surface area contributed by atoms with Gasteiger partial charge in [0.05, 0.1) is 32.4 Å². The Balaban J connectivity index is 0.990. The van der Waals surface area contributed by atoms with Crippen LogP contribution in [-0.2, 0) is 14.3 Å². The van der Waals surface area contributed by atoms with E-state index >= 15 is 4.39 Å². The van der Waals surface area contributed by atoms with Gasteiger partial charge in [0.1, 0.15) is 17.0 Å². The zero-order chi connectivity index (χ0) is 33.3. The second kappa shape index (κ2) is 13.4. The van der Waals surface area contributed by atoms with Gasteiger partial charge in [0, 0.05) is 54.7 Å². The van der Waals surface area contributed by atoms with Gasteiger partial charge in [-0.3, -0.25) is 19.5 Å². The Morgan fingerprint density at radius 3 is 2.33 bits per heavy atom. The third kappa shape index (κ3) is 6.90. The van der Waals surface area contributed by atoms with Crippen molar-refractivity contribution in [1.29, 1.82) is 0 Å². The summed E-state index contributed by atoms with van der Waals surface area (Å²) in [6.45, 7) is 5.19. The zero-order valence-electron chi connectivity index (χ0n) is 26.5. The van der Waals surface area contributed by atoms with Crippen LogP contribution in [0, 0.1) is 28.9 Å². The molecule has 3 aromatic carbocycles. The molecule has 1 saturated heterocycles. The van der Waals surface area contributed by atoms with Gasteiger partial charge in [0.15, 0.2) is 23.1 Å². The van der Waals surface area contributed by atoms with E-state index in [2.05, 4.69) is 20.5 Å². The van der Waals surface area contributed by atoms with Crippen molar-refractivity contribution >= 4 is 34.1 Å². The topological polar surface area (TPSA) is 111 Å². The number of morpholine rings is 1. The fourth-order valence-electron chi connectivity index (χ4n) is 6.04. The first kappa shape index (κ1) is 31.8. The third-order valence-corrected chi connectivity index (χ3v) is 9.24. The second-order valence-corrected chi connectivity index (χ2v) is 12.6. The smallest absolute Gasteiger partial charge is 0.240 e. The van der Waals surface area contributed by atoms with Crippen LogP contribution in [0.15, 0.2) is 66.9 Å². The summed E-state index contributed by atoms with van der Waals surface area (Å²) in [5.74, 6) is 0.313. The van der Waals surface area contributed by atoms with Crippen LogP contribution in [0.4, 0.5) is 20.2 Å². The minimum absolute atomic E-state index is 0.0602. The number of nitrogens with one attached hydrogen (secondary N) is 2. The van der Waals surface area contributed by atoms with Crippen molar-refractivity contribution in [3.63, 3.8) is 0 Å². The van der Waals surface area contributed by atoms with E-state index in [1.807, 2.05) is 0 Å². The lowest BCUT2D eigenvalue weighted by molar-refractivity contribution is -0.131. The number of hydrogen-bond donors (Lipinski definition) is 2. The summed E-state index contributed by atoms with van der Waals surface area (Å²) in [7, 11) is 1.56. The lowest BCUT2D eigenvalue weighted by Gasteiger charge is -2.26. The monoisotopic (exact) mass is 658 g/mol. The molecule has 2 atom stereocenters. The van der Waals surface area contributed by atoms with Gasteiger partial charge in [-0.1, -0.05) is 0 Å². The number of pyridine rings is 1. The molecule has 0 unspecified atom stereocenters. The number of anilines is 2. The quantitative estimate of drug-likeness (QED) is 0.178. The normalized spacial score (nSPS) is 19.7. The molecule has 3 fully saturated rings. The molecule has 2 saturated carbocycles. The lowest BCUT2D eigenvalue weighted by Crippen LogP contribution is -2.37. The van der Waals surface area contributed by atoms with Crippen molar-refractivity contribution < 1.29 is 37.3 Å². The van der Waals surface area contributed by atoms with Crippen LogP contribution in [0.25, 0.3) is 10.9 Å². The van der Waals surface area contributed by atoms with Crippen molar-refractivity contribution in [1.82, 2.24) is 9.88 Å². The fourth-order valence-corrected chi connectivity index (χ4v) is 6.04. The van der Waals surface area contributed by atoms with Crippen LogP contribution in [0.1, 0.15) is 19.3 Å². The molecular weight excluding hydrogens is 622 g/mol. The number of nitrogens with zero attached hydrogens (tertiary/aromatic N) is 2. The molecule has 3 aliphatic rings. The molecule has 2 heterocycles. The Bertz CT molecular complexity index is 1830. The molecule has 0 bridgehead atoms. The number of carbonyl (C=O) groups is 2. The SMILES string of the molecule is COc1cc2c(Oc3ccc(NC(=O)C4(C(=O)Nc5ccc(F)cc5)CC4)cc3F)ccnc2cc1OC[C@H]1C[C@@H]1CN1CCOCC1. The van der Waals surface area contributed by atoms with E-state index < -0.39 is 28.9 Å². The van der Waals surface area contributed by atoms with Gasteiger partial charge in [-0.05, 0) is 79.6 Å². The van der Waals surface area contributed by atoms with E-state index in [9.17, 15) is 14.0 Å². The molecule has 10 nitrogen and oxygen atoms in total. The summed E-state index contributed by atoms with van der Waals surface area (Å²) in [6, 6.07) is 14.5. The lowest BCUT2D eigenvalue weighted by atomic mass is 10.0. The maximum Gasteiger partial charge on any atom is 0.240 e. The van der Waals surface area contributed by atoms with Crippen molar-refractivity contribution in [2.75, 3.05) is 57.2 Å². The maximum absolute atomic E-state index is 15.3. The largest absolute Gasteiger partial charge is 0.493 e. The van der Waals surface area contributed by atoms with Crippen molar-refractivity contribution in [2.45, 2.75) is 19.3 Å². The van der Waals surface area contributed by atoms with Gasteiger partial charge in [0.2, 0.25) is 11.8 Å². The number of carbonyl (C=O) groups excluding carboxylic acids is 2. The van der Waals surface area contributed by atoms with Crippen LogP contribution in [0.5, 0.6) is 23.0 Å². The molecule has 0 spiro atoms. The second-order valence-electron chi connectivity index (χ2n) is 12.6. The number of methoxy groups -OCH3 is 1. The number of benzene rings is 3. The van der Waals surface area contributed by atoms with Crippen LogP contribution < -0.4 is 24.8 Å². The summed E-state index contributed by atoms with van der Waals surface area (Å²) in [6.07, 6.45) is 3.39. The summed E-state index contributed by atoms with van der Waals surface area (Å²) in [4.78, 5) is 32.9. The van der Waals surface area contributed by atoms with Crippen LogP contribution in [-0.4, -0.2) is 68.3 Å². The molecule has 0 radical (unpaired) electrons. The third-order valence-electron chi connectivity index (χ3n) is 9.24. The molecule has 48 heavy (non-hydrogen) atoms. The molecule has 2 aliphatic carbocycles. The summed E-state index contributed by atoms with van der Waals surface area (Å²) < 4.78 is 51.8. The van der Waals surface area contributed by atoms with Crippen LogP contribution in [0.2, 0.25) is 0 Å². The van der Waals surface area contributed by atoms with E-state index in [0.29, 0.717) is 65.1 Å². The molecule has 1 aromatic heterocycles. The zero-order valence-corrected chi connectivity index (χ0v) is 26.5. The molecule has 4 aromatic rings. The Morgan fingerprint density at radius 1 is 0.896 bits per heavy atom. The number of amides is 2. The molecule has 250 valence electrons. The molecule has 2 amide bonds. The predicted molar refractivity (Wildman–Crippen MR) is 174 cm³/mol. The van der Waals surface area contributed by atoms with E-state index in [1.165, 1.54) is 36.4 Å². The first-order valence-corrected chi connectivity index (χ1v) is 16.1. The Hall–Kier alpha value is -4.81. The van der Waals surface area contributed by atoms with E-state index in [-0.39, 0.29) is 11.4 Å². The van der Waals surface area contributed by atoms with Gasteiger partial charge in [0.25, 0.3) is 0 Å². The molecule has 1 aliphatic heterocycles. The highest BCUT2D eigenvalue weighted by Gasteiger charge is 2.56. The highest BCUT2D eigenvalue weighted by Crippen LogP contribution is 2.48. The van der Waals surface area contributed by atoms with Gasteiger partial charge in [-0.2, -0.15) is 0 Å². The van der Waals surface area contributed by atoms with E-state index in [0.717, 1.165) is 45.3 Å². The molecule has 2 N–H and O–H groups in total. The minimum Gasteiger partial charge on any atom is -0.493 e. The maximum atomic E-state index is 15.3. The van der Waals surface area contributed by atoms with E-state index in [1.54, 1.807) is 31.5 Å². The minimum atomic E-state index is -1.28. The fraction of sp³-hybridized carbons (Fsp3) is 0.361. The van der Waals surface area contributed by atoms with E-state index in [4.69, 9.17) is 18.9 Å². The number of halogens is 2. The number of aromatic nitrogens is 1. The Kier molecular flexibility index (Phi) is 8.84. The Morgan fingerprint density at radius 2 is 1.62 bits per heavy atom. The van der Waals surface area contributed by atoms with Gasteiger partial charge < -0.3 is 29.6 Å². The molecule has 7 rings (SSSR count). The number of rotatable bonds is 12. The predicted octanol–water partition coefficient (Wildman–Crippen LogP) is 6.02. The number of ether oxygens (including phenoxy) is 4. The standard InChI is InChI=1S/C36H36F2N4O6/c1-45-32-18-27-29(19-33(32)47-21-23-16-22(23)20-42-12-14-46-15-13-42)39-11-8-30(27)48-31-7-6-26(17-28(31)38)41-35(44)36(9-10-36)34(43)40-25-4-2-24(37)3-5-25/h2-8,11,17-19,22-23H,9-10,12-16,20-21H2,1H3,(H,40,43)(H,41,44)/t22-,23-/m1/s1. The first-order valence-electron chi connectivity index (χ1n) is 16.1. The average molecular weight is 659 g/mol. The average Bonchev–Trinajstić information content (AvgIpc) is 4.03. The van der Waals surface area contributed by atoms with Crippen molar-refractivity contribution in [2.24, 2.45) is 17.3 Å². The van der Waals surface area contributed by atoms with Crippen LogP contribution in [0.3, 0.4) is 0 Å². The summed E-state index contributed by atoms with van der Waals surface area (Å²) >= 11 is 0. The van der Waals surface area contributed by atoms with Gasteiger partial charge in [-0.15, -0.1) is 0 Å². The first-order chi connectivity index (χ1) is 23.3. The summed E-state index contributed by atoms with van der Waals surface area (Å²) in [5, 5.41) is 5.91. The highest BCUT2D eigenvalue weighted by atomic mass is 19.1. The van der Waals surface area contributed by atoms with Crippen molar-refractivity contribution in [3.05, 3.63) is 78.5 Å².